The fourth-order valence-electron chi connectivity index (χ4n) is 3.31. The van der Waals surface area contributed by atoms with Gasteiger partial charge in [-0.05, 0) is 36.8 Å². The van der Waals surface area contributed by atoms with Crippen LogP contribution in [0.1, 0.15) is 21.5 Å². The summed E-state index contributed by atoms with van der Waals surface area (Å²) >= 11 is 6.48. The number of thioether (sulfide) groups is 1. The number of nitrogens with one attached hydrogen (secondary N) is 1. The number of hydrogen-bond acceptors (Lipinski definition) is 8. The number of thiocarbonyl (C=S) groups is 1. The number of benzene rings is 2. The molecular weight excluding hydrogens is 454 g/mol. The fourth-order valence-corrected chi connectivity index (χ4v) is 4.62. The second kappa shape index (κ2) is 8.97. The maximum atomic E-state index is 12.8. The molecule has 2 aromatic rings. The SMILES string of the molecule is Cc1cccc(C(=O)NCCN2C(=O)/C(=C/c3ccc4c(c3)OCO4)SC2=S)c1[N+](=O)[O-]. The molecule has 1 fully saturated rings. The molecule has 1 saturated heterocycles. The smallest absolute Gasteiger partial charge is 0.285 e. The van der Waals surface area contributed by atoms with E-state index in [1.54, 1.807) is 37.3 Å². The molecule has 32 heavy (non-hydrogen) atoms. The molecule has 0 saturated carbocycles. The van der Waals surface area contributed by atoms with Gasteiger partial charge in [0.1, 0.15) is 9.88 Å². The van der Waals surface area contributed by atoms with Crippen molar-refractivity contribution in [2.45, 2.75) is 6.92 Å². The van der Waals surface area contributed by atoms with E-state index < -0.39 is 10.8 Å². The standard InChI is InChI=1S/C21H17N3O6S2/c1-12-3-2-4-14(18(12)24(27)28)19(25)22-7-8-23-20(26)17(32-21(23)31)10-13-5-6-15-16(9-13)30-11-29-15/h2-6,9-10H,7-8,11H2,1H3,(H,22,25)/b17-10-. The van der Waals surface area contributed by atoms with Crippen molar-refractivity contribution < 1.29 is 24.0 Å². The summed E-state index contributed by atoms with van der Waals surface area (Å²) in [5.41, 5.74) is 0.911. The van der Waals surface area contributed by atoms with Crippen molar-refractivity contribution >= 4 is 51.9 Å². The zero-order valence-corrected chi connectivity index (χ0v) is 18.5. The molecule has 0 aliphatic carbocycles. The van der Waals surface area contributed by atoms with Crippen LogP contribution in [-0.2, 0) is 4.79 Å². The summed E-state index contributed by atoms with van der Waals surface area (Å²) in [5, 5.41) is 13.9. The summed E-state index contributed by atoms with van der Waals surface area (Å²) in [7, 11) is 0. The van der Waals surface area contributed by atoms with Crippen LogP contribution < -0.4 is 14.8 Å². The molecule has 2 amide bonds. The van der Waals surface area contributed by atoms with Crippen LogP contribution in [0.5, 0.6) is 11.5 Å². The lowest BCUT2D eigenvalue weighted by molar-refractivity contribution is -0.385. The van der Waals surface area contributed by atoms with Gasteiger partial charge in [-0.2, -0.15) is 0 Å². The number of hydrogen-bond donors (Lipinski definition) is 1. The van der Waals surface area contributed by atoms with Crippen LogP contribution in [0.25, 0.3) is 6.08 Å². The maximum absolute atomic E-state index is 12.8. The van der Waals surface area contributed by atoms with Gasteiger partial charge in [0.2, 0.25) is 6.79 Å². The van der Waals surface area contributed by atoms with Gasteiger partial charge in [0.15, 0.2) is 11.5 Å². The second-order valence-corrected chi connectivity index (χ2v) is 8.61. The number of carbonyl (C=O) groups is 2. The summed E-state index contributed by atoms with van der Waals surface area (Å²) in [4.78, 5) is 37.8. The van der Waals surface area contributed by atoms with Gasteiger partial charge in [0.05, 0.1) is 9.83 Å². The highest BCUT2D eigenvalue weighted by atomic mass is 32.2. The van der Waals surface area contributed by atoms with E-state index in [0.717, 1.165) is 5.56 Å². The highest BCUT2D eigenvalue weighted by molar-refractivity contribution is 8.26. The van der Waals surface area contributed by atoms with Gasteiger partial charge in [0, 0.05) is 18.7 Å². The Labute approximate surface area is 192 Å². The lowest BCUT2D eigenvalue weighted by Crippen LogP contribution is -2.37. The minimum absolute atomic E-state index is 0.0249. The van der Waals surface area contributed by atoms with Gasteiger partial charge in [-0.15, -0.1) is 0 Å². The first-order valence-corrected chi connectivity index (χ1v) is 10.7. The average molecular weight is 472 g/mol. The number of fused-ring (bicyclic) bond motifs is 1. The summed E-state index contributed by atoms with van der Waals surface area (Å²) in [6, 6.07) is 9.92. The summed E-state index contributed by atoms with van der Waals surface area (Å²) < 4.78 is 11.0. The molecule has 9 nitrogen and oxygen atoms in total. The van der Waals surface area contributed by atoms with Gasteiger partial charge in [0.25, 0.3) is 17.5 Å². The van der Waals surface area contributed by atoms with Crippen LogP contribution in [0.4, 0.5) is 5.69 Å². The summed E-state index contributed by atoms with van der Waals surface area (Å²) in [6.07, 6.45) is 1.72. The number of nitrogens with zero attached hydrogens (tertiary/aromatic N) is 2. The van der Waals surface area contributed by atoms with E-state index in [4.69, 9.17) is 21.7 Å². The first-order valence-electron chi connectivity index (χ1n) is 9.52. The summed E-state index contributed by atoms with van der Waals surface area (Å²) in [6.45, 7) is 1.97. The molecule has 11 heteroatoms. The lowest BCUT2D eigenvalue weighted by Gasteiger charge is -2.15. The highest BCUT2D eigenvalue weighted by Gasteiger charge is 2.32. The highest BCUT2D eigenvalue weighted by Crippen LogP contribution is 2.36. The Hall–Kier alpha value is -3.44. The fraction of sp³-hybridized carbons (Fsp3) is 0.190. The molecule has 0 radical (unpaired) electrons. The van der Waals surface area contributed by atoms with Crippen LogP contribution in [0.2, 0.25) is 0 Å². The van der Waals surface area contributed by atoms with Crippen LogP contribution >= 0.6 is 24.0 Å². The number of amides is 2. The Morgan fingerprint density at radius 2 is 2.09 bits per heavy atom. The van der Waals surface area contributed by atoms with Crippen LogP contribution in [0.3, 0.4) is 0 Å². The third-order valence-electron chi connectivity index (χ3n) is 4.85. The molecule has 4 rings (SSSR count). The number of ether oxygens (including phenoxy) is 2. The number of rotatable bonds is 6. The third-order valence-corrected chi connectivity index (χ3v) is 6.23. The molecule has 2 aromatic carbocycles. The number of aryl methyl sites for hydroxylation is 1. The van der Waals surface area contributed by atoms with Crippen molar-refractivity contribution in [2.24, 2.45) is 0 Å². The first-order chi connectivity index (χ1) is 15.3. The van der Waals surface area contributed by atoms with E-state index in [2.05, 4.69) is 5.32 Å². The van der Waals surface area contributed by atoms with Crippen LogP contribution in [-0.4, -0.2) is 45.8 Å². The maximum Gasteiger partial charge on any atom is 0.285 e. The summed E-state index contributed by atoms with van der Waals surface area (Å²) in [5.74, 6) is 0.414. The van der Waals surface area contributed by atoms with E-state index in [-0.39, 0.29) is 37.0 Å². The van der Waals surface area contributed by atoms with Crippen molar-refractivity contribution in [2.75, 3.05) is 19.9 Å². The van der Waals surface area contributed by atoms with E-state index in [9.17, 15) is 19.7 Å². The van der Waals surface area contributed by atoms with E-state index >= 15 is 0 Å². The van der Waals surface area contributed by atoms with E-state index in [1.165, 1.54) is 22.7 Å². The van der Waals surface area contributed by atoms with Crippen LogP contribution in [0.15, 0.2) is 41.3 Å². The third kappa shape index (κ3) is 4.30. The Bertz CT molecular complexity index is 1180. The molecule has 2 aliphatic heterocycles. The molecule has 164 valence electrons. The van der Waals surface area contributed by atoms with Crippen molar-refractivity contribution in [3.05, 3.63) is 68.1 Å². The minimum Gasteiger partial charge on any atom is -0.454 e. The zero-order chi connectivity index (χ0) is 22.8. The van der Waals surface area contributed by atoms with Crippen molar-refractivity contribution in [3.8, 4) is 11.5 Å². The van der Waals surface area contributed by atoms with Gasteiger partial charge in [-0.1, -0.05) is 42.2 Å². The molecular formula is C21H17N3O6S2. The van der Waals surface area contributed by atoms with E-state index in [1.807, 2.05) is 6.07 Å². The average Bonchev–Trinajstić information content (AvgIpc) is 3.32. The lowest BCUT2D eigenvalue weighted by atomic mass is 10.1. The minimum atomic E-state index is -0.582. The number of para-hydroxylation sites is 1. The Kier molecular flexibility index (Phi) is 6.10. The quantitative estimate of drug-likeness (QED) is 0.296. The molecule has 0 atom stereocenters. The number of carbonyl (C=O) groups excluding carboxylic acids is 2. The molecule has 2 aliphatic rings. The van der Waals surface area contributed by atoms with Crippen molar-refractivity contribution in [1.29, 1.82) is 0 Å². The van der Waals surface area contributed by atoms with Crippen LogP contribution in [0, 0.1) is 17.0 Å². The second-order valence-electron chi connectivity index (χ2n) is 6.93. The molecule has 0 unspecified atom stereocenters. The van der Waals surface area contributed by atoms with Crippen molar-refractivity contribution in [3.63, 3.8) is 0 Å². The Morgan fingerprint density at radius 1 is 1.31 bits per heavy atom. The predicted octanol–water partition coefficient (Wildman–Crippen LogP) is 3.26. The molecule has 0 aromatic heterocycles. The Morgan fingerprint density at radius 3 is 2.88 bits per heavy atom. The van der Waals surface area contributed by atoms with Crippen molar-refractivity contribution in [1.82, 2.24) is 10.2 Å². The molecule has 0 bridgehead atoms. The Balaban J connectivity index is 1.40. The number of nitro benzene ring substituents is 1. The molecule has 0 spiro atoms. The normalized spacial score (nSPS) is 16.0. The topological polar surface area (TPSA) is 111 Å². The molecule has 2 heterocycles. The predicted molar refractivity (Wildman–Crippen MR) is 123 cm³/mol. The van der Waals surface area contributed by atoms with Gasteiger partial charge in [-0.3, -0.25) is 24.6 Å². The van der Waals surface area contributed by atoms with Gasteiger partial charge in [-0.25, -0.2) is 0 Å². The van der Waals surface area contributed by atoms with E-state index in [0.29, 0.717) is 26.3 Å². The van der Waals surface area contributed by atoms with Gasteiger partial charge >= 0.3 is 0 Å². The number of nitro groups is 1. The largest absolute Gasteiger partial charge is 0.454 e. The monoisotopic (exact) mass is 471 g/mol. The zero-order valence-electron chi connectivity index (χ0n) is 16.8. The van der Waals surface area contributed by atoms with Gasteiger partial charge < -0.3 is 14.8 Å². The molecule has 1 N–H and O–H groups in total. The first kappa shape index (κ1) is 21.8.